The van der Waals surface area contributed by atoms with Crippen molar-refractivity contribution in [1.82, 2.24) is 0 Å². The van der Waals surface area contributed by atoms with Crippen LogP contribution < -0.4 is 0 Å². The van der Waals surface area contributed by atoms with Crippen LogP contribution in [-0.4, -0.2) is 152 Å². The van der Waals surface area contributed by atoms with Crippen LogP contribution in [0.1, 0.15) is 20.3 Å². The summed E-state index contributed by atoms with van der Waals surface area (Å²) in [5.41, 5.74) is 0. The monoisotopic (exact) mass is 525 g/mol. The Labute approximate surface area is 206 Å². The van der Waals surface area contributed by atoms with Crippen LogP contribution in [0.15, 0.2) is 4.99 Å². The quantitative estimate of drug-likeness (QED) is 0.156. The molecule has 4 aliphatic rings. The number of ether oxygens (including phenoxy) is 6. The van der Waals surface area contributed by atoms with Crippen molar-refractivity contribution in [3.63, 3.8) is 0 Å². The van der Waals surface area contributed by atoms with Crippen LogP contribution >= 0.6 is 0 Å². The zero-order valence-corrected chi connectivity index (χ0v) is 19.8. The summed E-state index contributed by atoms with van der Waals surface area (Å²) in [6.45, 7) is 1.96. The van der Waals surface area contributed by atoms with Crippen LogP contribution in [0.25, 0.3) is 0 Å². The molecule has 0 aromatic rings. The van der Waals surface area contributed by atoms with Crippen LogP contribution in [0.3, 0.4) is 0 Å². The molecule has 0 radical (unpaired) electrons. The summed E-state index contributed by atoms with van der Waals surface area (Å²) in [4.78, 5) is 4.16. The Hall–Kier alpha value is -1.05. The summed E-state index contributed by atoms with van der Waals surface area (Å²) in [5.74, 6) is 0.274. The van der Waals surface area contributed by atoms with Crippen molar-refractivity contribution in [3.05, 3.63) is 0 Å². The lowest BCUT2D eigenvalue weighted by atomic mass is 9.95. The molecule has 4 heterocycles. The first-order chi connectivity index (χ1) is 17.1. The highest BCUT2D eigenvalue weighted by Crippen LogP contribution is 2.34. The van der Waals surface area contributed by atoms with E-state index >= 15 is 0 Å². The first kappa shape index (κ1) is 28.0. The van der Waals surface area contributed by atoms with Crippen LogP contribution in [0.2, 0.25) is 0 Å². The van der Waals surface area contributed by atoms with E-state index in [0.29, 0.717) is 0 Å². The second kappa shape index (κ2) is 11.4. The van der Waals surface area contributed by atoms with E-state index in [-0.39, 0.29) is 12.3 Å². The molecule has 8 N–H and O–H groups in total. The van der Waals surface area contributed by atoms with Gasteiger partial charge in [0.05, 0.1) is 19.3 Å². The van der Waals surface area contributed by atoms with E-state index in [1.54, 1.807) is 13.8 Å². The van der Waals surface area contributed by atoms with Gasteiger partial charge in [-0.05, 0) is 6.42 Å². The SMILES string of the molecule is CC[C@@H]1O[C@H](O[C@@H]2C(O)[C@H](O[C@@H]3C(CO)O[C@@H]4OC(C)=NC4[C@H]3O)OC(CO)[C@H]2O)C(O)C(O)[C@@H]1O. The van der Waals surface area contributed by atoms with Crippen molar-refractivity contribution in [2.45, 2.75) is 112 Å². The van der Waals surface area contributed by atoms with Crippen LogP contribution in [-0.2, 0) is 28.4 Å². The Morgan fingerprint density at radius 1 is 0.694 bits per heavy atom. The van der Waals surface area contributed by atoms with Crippen molar-refractivity contribution in [1.29, 1.82) is 0 Å². The predicted molar refractivity (Wildman–Crippen MR) is 114 cm³/mol. The van der Waals surface area contributed by atoms with E-state index in [1.807, 2.05) is 0 Å². The highest BCUT2D eigenvalue weighted by Gasteiger charge is 2.54. The summed E-state index contributed by atoms with van der Waals surface area (Å²) in [6, 6.07) is -0.866. The Kier molecular flexibility index (Phi) is 8.83. The zero-order chi connectivity index (χ0) is 26.3. The van der Waals surface area contributed by atoms with Gasteiger partial charge >= 0.3 is 0 Å². The predicted octanol–water partition coefficient (Wildman–Crippen LogP) is -4.69. The van der Waals surface area contributed by atoms with Gasteiger partial charge in [0.25, 0.3) is 0 Å². The minimum atomic E-state index is -1.75. The number of aliphatic hydroxyl groups is 8. The number of hydrogen-bond donors (Lipinski definition) is 8. The topological polar surface area (TPSA) is 230 Å². The molecule has 0 amide bonds. The van der Waals surface area contributed by atoms with Gasteiger partial charge in [0.1, 0.15) is 67.1 Å². The molecule has 15 nitrogen and oxygen atoms in total. The van der Waals surface area contributed by atoms with Crippen LogP contribution in [0, 0.1) is 0 Å². The molecule has 0 aromatic carbocycles. The lowest BCUT2D eigenvalue weighted by Crippen LogP contribution is -2.66. The van der Waals surface area contributed by atoms with Crippen LogP contribution in [0.4, 0.5) is 0 Å². The first-order valence-corrected chi connectivity index (χ1v) is 11.9. The Balaban J connectivity index is 1.51. The van der Waals surface area contributed by atoms with Crippen molar-refractivity contribution < 1.29 is 69.3 Å². The third kappa shape index (κ3) is 5.13. The largest absolute Gasteiger partial charge is 0.450 e. The summed E-state index contributed by atoms with van der Waals surface area (Å²) in [5, 5.41) is 82.6. The summed E-state index contributed by atoms with van der Waals surface area (Å²) >= 11 is 0. The molecular formula is C21H35NO14. The standard InChI is InChI=1S/C21H35NO14/c1-3-7-11(25)14(28)15(29)20(32-7)36-18-12(26)8(4-23)33-21(16(18)30)35-17-9(5-24)34-19-10(13(17)27)22-6(2)31-19/h7-21,23-30H,3-5H2,1-2H3/t7-,8?,9?,10?,11+,12+,13+,14?,15?,16?,17+,18-,19-,20+,21-/m0/s1. The summed E-state index contributed by atoms with van der Waals surface area (Å²) in [7, 11) is 0. The molecule has 36 heavy (non-hydrogen) atoms. The van der Waals surface area contributed by atoms with E-state index in [1.165, 1.54) is 0 Å². The Bertz CT molecular complexity index is 771. The molecule has 0 aliphatic carbocycles. The normalized spacial score (nSPS) is 51.4. The molecule has 15 atom stereocenters. The van der Waals surface area contributed by atoms with Gasteiger partial charge in [-0.1, -0.05) is 6.92 Å². The molecule has 15 heteroatoms. The third-order valence-electron chi connectivity index (χ3n) is 6.91. The average molecular weight is 526 g/mol. The molecule has 208 valence electrons. The van der Waals surface area contributed by atoms with Gasteiger partial charge in [0, 0.05) is 6.92 Å². The maximum atomic E-state index is 11.0. The van der Waals surface area contributed by atoms with Crippen molar-refractivity contribution in [3.8, 4) is 0 Å². The first-order valence-electron chi connectivity index (χ1n) is 11.9. The molecule has 3 fully saturated rings. The van der Waals surface area contributed by atoms with Crippen LogP contribution in [0.5, 0.6) is 0 Å². The third-order valence-corrected chi connectivity index (χ3v) is 6.91. The molecule has 6 unspecified atom stereocenters. The van der Waals surface area contributed by atoms with Crippen molar-refractivity contribution in [2.75, 3.05) is 13.2 Å². The molecule has 0 bridgehead atoms. The van der Waals surface area contributed by atoms with Gasteiger partial charge in [-0.3, -0.25) is 0 Å². The fourth-order valence-electron chi connectivity index (χ4n) is 4.87. The number of aliphatic imine (C=N–C) groups is 1. The van der Waals surface area contributed by atoms with Crippen molar-refractivity contribution >= 4 is 5.90 Å². The summed E-state index contributed by atoms with van der Waals surface area (Å²) < 4.78 is 33.5. The zero-order valence-electron chi connectivity index (χ0n) is 19.8. The Morgan fingerprint density at radius 2 is 1.31 bits per heavy atom. The van der Waals surface area contributed by atoms with Gasteiger partial charge in [-0.25, -0.2) is 4.99 Å². The van der Waals surface area contributed by atoms with E-state index in [2.05, 4.69) is 4.99 Å². The van der Waals surface area contributed by atoms with E-state index in [4.69, 9.17) is 28.4 Å². The number of aliphatic hydroxyl groups excluding tert-OH is 8. The minimum absolute atomic E-state index is 0.268. The molecule has 0 spiro atoms. The van der Waals surface area contributed by atoms with E-state index in [0.717, 1.165) is 0 Å². The molecule has 4 aliphatic heterocycles. The van der Waals surface area contributed by atoms with Crippen molar-refractivity contribution in [2.24, 2.45) is 4.99 Å². The van der Waals surface area contributed by atoms with Gasteiger partial charge in [0.15, 0.2) is 18.5 Å². The summed E-state index contributed by atoms with van der Waals surface area (Å²) in [6.07, 6.45) is -19.4. The number of rotatable bonds is 7. The Morgan fingerprint density at radius 3 is 1.94 bits per heavy atom. The highest BCUT2D eigenvalue weighted by molar-refractivity contribution is 5.75. The number of nitrogens with zero attached hydrogens (tertiary/aromatic N) is 1. The molecular weight excluding hydrogens is 490 g/mol. The maximum absolute atomic E-state index is 11.0. The number of fused-ring (bicyclic) bond motifs is 1. The molecule has 0 aromatic heterocycles. The lowest BCUT2D eigenvalue weighted by molar-refractivity contribution is -0.372. The fraction of sp³-hybridized carbons (Fsp3) is 0.952. The van der Waals surface area contributed by atoms with Gasteiger partial charge in [0.2, 0.25) is 6.29 Å². The molecule has 4 rings (SSSR count). The smallest absolute Gasteiger partial charge is 0.227 e. The van der Waals surface area contributed by atoms with Gasteiger partial charge < -0.3 is 69.3 Å². The second-order valence-electron chi connectivity index (χ2n) is 9.30. The molecule has 3 saturated heterocycles. The van der Waals surface area contributed by atoms with E-state index in [9.17, 15) is 40.9 Å². The number of hydrogen-bond acceptors (Lipinski definition) is 15. The molecule has 0 saturated carbocycles. The van der Waals surface area contributed by atoms with Gasteiger partial charge in [-0.15, -0.1) is 0 Å². The average Bonchev–Trinajstić information content (AvgIpc) is 3.24. The maximum Gasteiger partial charge on any atom is 0.227 e. The van der Waals surface area contributed by atoms with Gasteiger partial charge in [-0.2, -0.15) is 0 Å². The lowest BCUT2D eigenvalue weighted by Gasteiger charge is -2.47. The minimum Gasteiger partial charge on any atom is -0.450 e. The highest BCUT2D eigenvalue weighted by atomic mass is 16.8. The second-order valence-corrected chi connectivity index (χ2v) is 9.30. The van der Waals surface area contributed by atoms with E-state index < -0.39 is 105 Å². The fourth-order valence-corrected chi connectivity index (χ4v) is 4.87.